The number of methoxy groups -OCH3 is 1. The molecule has 2 N–H and O–H groups in total. The summed E-state index contributed by atoms with van der Waals surface area (Å²) in [6.45, 7) is 12.0. The molecule has 0 aliphatic rings. The number of carboxylic acids is 1. The summed E-state index contributed by atoms with van der Waals surface area (Å²) in [5.74, 6) is -0.778. The van der Waals surface area contributed by atoms with Gasteiger partial charge < -0.3 is 15.2 Å². The number of hydrogen-bond donors (Lipinski definition) is 2. The van der Waals surface area contributed by atoms with E-state index in [0.29, 0.717) is 17.0 Å². The van der Waals surface area contributed by atoms with Crippen molar-refractivity contribution in [2.24, 2.45) is 5.92 Å². The van der Waals surface area contributed by atoms with Crippen LogP contribution in [-0.2, 0) is 31.3 Å². The number of rotatable bonds is 14. The lowest BCUT2D eigenvalue weighted by Gasteiger charge is -2.25. The van der Waals surface area contributed by atoms with Crippen LogP contribution >= 0.6 is 0 Å². The standard InChI is InChI=1S/C31H45NO6S/c1-8-9-10-11-23(25-14-13-24(19-28(25)38-7)39(36,37)20-21(2)3)18-29(33)32-27-16-22(17-30(34)35)12-15-26(27)31(4,5)6/h12-16,19,21,23H,8-11,17-18,20H2,1-7H3,(H,32,33)(H,34,35). The number of hydrogen-bond acceptors (Lipinski definition) is 5. The molecule has 1 atom stereocenters. The molecule has 0 radical (unpaired) electrons. The van der Waals surface area contributed by atoms with Crippen molar-refractivity contribution in [3.8, 4) is 5.75 Å². The first-order valence-corrected chi connectivity index (χ1v) is 15.4. The summed E-state index contributed by atoms with van der Waals surface area (Å²) in [4.78, 5) is 24.9. The normalized spacial score (nSPS) is 12.8. The average molecular weight is 560 g/mol. The van der Waals surface area contributed by atoms with Crippen molar-refractivity contribution in [3.63, 3.8) is 0 Å². The van der Waals surface area contributed by atoms with Crippen LogP contribution in [0.2, 0.25) is 0 Å². The maximum atomic E-state index is 13.4. The zero-order valence-corrected chi connectivity index (χ0v) is 25.3. The van der Waals surface area contributed by atoms with E-state index in [0.717, 1.165) is 36.8 Å². The number of amides is 1. The summed E-state index contributed by atoms with van der Waals surface area (Å²) in [6.07, 6.45) is 3.79. The highest BCUT2D eigenvalue weighted by molar-refractivity contribution is 7.91. The molecule has 0 fully saturated rings. The van der Waals surface area contributed by atoms with Crippen molar-refractivity contribution in [3.05, 3.63) is 53.1 Å². The Hall–Kier alpha value is -2.87. The Kier molecular flexibility index (Phi) is 11.6. The Morgan fingerprint density at radius 1 is 1.05 bits per heavy atom. The van der Waals surface area contributed by atoms with Crippen LogP contribution in [-0.4, -0.2) is 38.3 Å². The molecule has 0 saturated carbocycles. The highest BCUT2D eigenvalue weighted by Gasteiger charge is 2.25. The van der Waals surface area contributed by atoms with E-state index in [4.69, 9.17) is 4.74 Å². The molecular formula is C31H45NO6S. The van der Waals surface area contributed by atoms with Crippen molar-refractivity contribution in [2.75, 3.05) is 18.2 Å². The first-order valence-electron chi connectivity index (χ1n) is 13.7. The molecule has 0 spiro atoms. The Labute approximate surface area is 234 Å². The molecule has 0 aliphatic heterocycles. The van der Waals surface area contributed by atoms with Crippen LogP contribution in [0.15, 0.2) is 41.3 Å². The first kappa shape index (κ1) is 32.3. The molecule has 7 nitrogen and oxygen atoms in total. The zero-order valence-electron chi connectivity index (χ0n) is 24.5. The topological polar surface area (TPSA) is 110 Å². The number of carboxylic acid groups (broad SMARTS) is 1. The lowest BCUT2D eigenvalue weighted by Crippen LogP contribution is -2.21. The van der Waals surface area contributed by atoms with Crippen molar-refractivity contribution in [1.29, 1.82) is 0 Å². The number of aliphatic carboxylic acids is 1. The van der Waals surface area contributed by atoms with E-state index < -0.39 is 15.8 Å². The molecule has 1 amide bonds. The van der Waals surface area contributed by atoms with Crippen molar-refractivity contribution in [2.45, 2.75) is 96.3 Å². The second kappa shape index (κ2) is 14.0. The van der Waals surface area contributed by atoms with Gasteiger partial charge in [-0.1, -0.05) is 79.0 Å². The molecule has 2 rings (SSSR count). The van der Waals surface area contributed by atoms with Gasteiger partial charge in [0.25, 0.3) is 0 Å². The molecule has 1 unspecified atom stereocenters. The number of carbonyl (C=O) groups excluding carboxylic acids is 1. The number of nitrogens with one attached hydrogen (secondary N) is 1. The molecule has 39 heavy (non-hydrogen) atoms. The van der Waals surface area contributed by atoms with Crippen LogP contribution in [0.25, 0.3) is 0 Å². The van der Waals surface area contributed by atoms with Crippen LogP contribution in [0.4, 0.5) is 5.69 Å². The van der Waals surface area contributed by atoms with Gasteiger partial charge in [0.15, 0.2) is 9.84 Å². The van der Waals surface area contributed by atoms with Gasteiger partial charge in [0.2, 0.25) is 5.91 Å². The predicted octanol–water partition coefficient (Wildman–Crippen LogP) is 6.74. The fourth-order valence-electron chi connectivity index (χ4n) is 4.82. The Morgan fingerprint density at radius 3 is 2.31 bits per heavy atom. The molecule has 2 aromatic carbocycles. The largest absolute Gasteiger partial charge is 0.496 e. The van der Waals surface area contributed by atoms with Gasteiger partial charge in [0.05, 0.1) is 24.2 Å². The van der Waals surface area contributed by atoms with E-state index in [1.54, 1.807) is 30.3 Å². The van der Waals surface area contributed by atoms with Gasteiger partial charge in [-0.3, -0.25) is 9.59 Å². The summed E-state index contributed by atoms with van der Waals surface area (Å²) in [7, 11) is -1.93. The third kappa shape index (κ3) is 9.67. The Morgan fingerprint density at radius 2 is 1.74 bits per heavy atom. The summed E-state index contributed by atoms with van der Waals surface area (Å²) in [5.41, 5.74) is 2.70. The van der Waals surface area contributed by atoms with E-state index in [1.807, 2.05) is 40.7 Å². The van der Waals surface area contributed by atoms with Crippen LogP contribution in [0, 0.1) is 5.92 Å². The van der Waals surface area contributed by atoms with E-state index in [2.05, 4.69) is 12.2 Å². The van der Waals surface area contributed by atoms with Gasteiger partial charge in [0.1, 0.15) is 5.75 Å². The van der Waals surface area contributed by atoms with Gasteiger partial charge >= 0.3 is 5.97 Å². The molecule has 0 aliphatic carbocycles. The summed E-state index contributed by atoms with van der Waals surface area (Å²) in [6, 6.07) is 10.4. The Balaban J connectivity index is 2.41. The molecule has 8 heteroatoms. The number of unbranched alkanes of at least 4 members (excludes halogenated alkanes) is 2. The van der Waals surface area contributed by atoms with Crippen LogP contribution in [0.5, 0.6) is 5.75 Å². The summed E-state index contributed by atoms with van der Waals surface area (Å²) < 4.78 is 31.3. The molecule has 0 aromatic heterocycles. The lowest BCUT2D eigenvalue weighted by atomic mass is 9.84. The van der Waals surface area contributed by atoms with Crippen LogP contribution in [0.1, 0.15) is 96.3 Å². The highest BCUT2D eigenvalue weighted by Crippen LogP contribution is 2.36. The van der Waals surface area contributed by atoms with Crippen LogP contribution in [0.3, 0.4) is 0 Å². The first-order chi connectivity index (χ1) is 18.2. The third-order valence-electron chi connectivity index (χ3n) is 6.67. The summed E-state index contributed by atoms with van der Waals surface area (Å²) in [5, 5.41) is 12.3. The minimum Gasteiger partial charge on any atom is -0.496 e. The van der Waals surface area contributed by atoms with Gasteiger partial charge in [-0.05, 0) is 58.6 Å². The second-order valence-electron chi connectivity index (χ2n) is 11.7. The predicted molar refractivity (Wildman–Crippen MR) is 156 cm³/mol. The number of benzene rings is 2. The maximum Gasteiger partial charge on any atom is 0.307 e. The molecule has 216 valence electrons. The zero-order chi connectivity index (χ0) is 29.4. The average Bonchev–Trinajstić information content (AvgIpc) is 2.81. The number of anilines is 1. The molecule has 0 heterocycles. The molecule has 2 aromatic rings. The Bertz CT molecular complexity index is 1240. The van der Waals surface area contributed by atoms with E-state index >= 15 is 0 Å². The van der Waals surface area contributed by atoms with Crippen molar-refractivity contribution >= 4 is 27.4 Å². The van der Waals surface area contributed by atoms with Gasteiger partial charge in [-0.15, -0.1) is 0 Å². The van der Waals surface area contributed by atoms with E-state index in [-0.39, 0.29) is 46.6 Å². The minimum atomic E-state index is -3.45. The lowest BCUT2D eigenvalue weighted by molar-refractivity contribution is -0.136. The number of carbonyl (C=O) groups is 2. The van der Waals surface area contributed by atoms with Gasteiger partial charge in [-0.2, -0.15) is 0 Å². The fraction of sp³-hybridized carbons (Fsp3) is 0.548. The second-order valence-corrected chi connectivity index (χ2v) is 13.8. The van der Waals surface area contributed by atoms with E-state index in [1.165, 1.54) is 7.11 Å². The quantitative estimate of drug-likeness (QED) is 0.248. The van der Waals surface area contributed by atoms with Crippen molar-refractivity contribution < 1.29 is 27.9 Å². The van der Waals surface area contributed by atoms with Crippen LogP contribution < -0.4 is 10.1 Å². The SMILES string of the molecule is CCCCCC(CC(=O)Nc1cc(CC(=O)O)ccc1C(C)(C)C)c1ccc(S(=O)(=O)CC(C)C)cc1OC. The third-order valence-corrected chi connectivity index (χ3v) is 8.74. The monoisotopic (exact) mass is 559 g/mol. The summed E-state index contributed by atoms with van der Waals surface area (Å²) >= 11 is 0. The smallest absolute Gasteiger partial charge is 0.307 e. The number of ether oxygens (including phenoxy) is 1. The minimum absolute atomic E-state index is 0.00171. The van der Waals surface area contributed by atoms with Crippen molar-refractivity contribution in [1.82, 2.24) is 0 Å². The van der Waals surface area contributed by atoms with Gasteiger partial charge in [0, 0.05) is 12.1 Å². The molecular weight excluding hydrogens is 514 g/mol. The molecule has 0 saturated heterocycles. The molecule has 0 bridgehead atoms. The van der Waals surface area contributed by atoms with Gasteiger partial charge in [-0.25, -0.2) is 8.42 Å². The highest BCUT2D eigenvalue weighted by atomic mass is 32.2. The maximum absolute atomic E-state index is 13.4. The number of sulfone groups is 1. The van der Waals surface area contributed by atoms with E-state index in [9.17, 15) is 23.1 Å². The fourth-order valence-corrected chi connectivity index (χ4v) is 6.46.